The van der Waals surface area contributed by atoms with E-state index in [9.17, 15) is 4.39 Å². The van der Waals surface area contributed by atoms with E-state index in [0.717, 1.165) is 15.8 Å². The minimum absolute atomic E-state index is 0.111. The maximum absolute atomic E-state index is 13.3. The van der Waals surface area contributed by atoms with Crippen LogP contribution in [0.1, 0.15) is 11.1 Å². The van der Waals surface area contributed by atoms with Crippen LogP contribution in [0.5, 0.6) is 5.75 Å². The summed E-state index contributed by atoms with van der Waals surface area (Å²) in [6, 6.07) is 10.4. The van der Waals surface area contributed by atoms with E-state index in [2.05, 4.69) is 31.9 Å². The predicted octanol–water partition coefficient (Wildman–Crippen LogP) is 5.72. The summed E-state index contributed by atoms with van der Waals surface area (Å²) in [4.78, 5) is 0. The number of hydrogen-bond acceptors (Lipinski definition) is 1. The lowest BCUT2D eigenvalue weighted by Gasteiger charge is -2.11. The summed E-state index contributed by atoms with van der Waals surface area (Å²) >= 11 is 12.7. The van der Waals surface area contributed by atoms with Crippen LogP contribution >= 0.6 is 43.5 Å². The molecule has 0 saturated carbocycles. The van der Waals surface area contributed by atoms with Gasteiger partial charge in [-0.2, -0.15) is 0 Å². The molecule has 0 unspecified atom stereocenters. The zero-order valence-corrected chi connectivity index (χ0v) is 13.7. The van der Waals surface area contributed by atoms with Gasteiger partial charge in [0.05, 0.1) is 5.02 Å². The summed E-state index contributed by atoms with van der Waals surface area (Å²) < 4.78 is 20.0. The Hall–Kier alpha value is -0.580. The minimum Gasteiger partial charge on any atom is -0.489 e. The highest BCUT2D eigenvalue weighted by atomic mass is 79.9. The molecule has 0 atom stereocenters. The van der Waals surface area contributed by atoms with Crippen molar-refractivity contribution >= 4 is 43.5 Å². The number of alkyl halides is 1. The first-order chi connectivity index (χ1) is 9.11. The van der Waals surface area contributed by atoms with Crippen LogP contribution in [0, 0.1) is 5.82 Å². The van der Waals surface area contributed by atoms with Crippen LogP contribution in [0.2, 0.25) is 5.02 Å². The normalized spacial score (nSPS) is 10.5. The fraction of sp³-hybridized carbons (Fsp3) is 0.143. The van der Waals surface area contributed by atoms with Gasteiger partial charge in [0.2, 0.25) is 0 Å². The summed E-state index contributed by atoms with van der Waals surface area (Å²) in [7, 11) is 0. The molecule has 2 aromatic carbocycles. The molecular weight excluding hydrogens is 398 g/mol. The third kappa shape index (κ3) is 3.71. The molecule has 0 radical (unpaired) electrons. The van der Waals surface area contributed by atoms with Crippen LogP contribution in [0.25, 0.3) is 0 Å². The lowest BCUT2D eigenvalue weighted by molar-refractivity contribution is 0.303. The molecule has 19 heavy (non-hydrogen) atoms. The van der Waals surface area contributed by atoms with E-state index in [1.54, 1.807) is 12.1 Å². The molecule has 100 valence electrons. The molecule has 0 fully saturated rings. The number of benzene rings is 2. The largest absolute Gasteiger partial charge is 0.489 e. The summed E-state index contributed by atoms with van der Waals surface area (Å²) in [5.74, 6) is 0.319. The van der Waals surface area contributed by atoms with Crippen molar-refractivity contribution in [2.24, 2.45) is 0 Å². The van der Waals surface area contributed by atoms with Crippen molar-refractivity contribution in [1.29, 1.82) is 0 Å². The van der Waals surface area contributed by atoms with Crippen molar-refractivity contribution in [3.8, 4) is 5.75 Å². The molecule has 2 rings (SSSR count). The summed E-state index contributed by atoms with van der Waals surface area (Å²) in [6.07, 6.45) is 0. The van der Waals surface area contributed by atoms with Crippen LogP contribution in [-0.4, -0.2) is 0 Å². The van der Waals surface area contributed by atoms with Gasteiger partial charge in [0.15, 0.2) is 0 Å². The van der Waals surface area contributed by atoms with Gasteiger partial charge in [0, 0.05) is 20.9 Å². The molecule has 1 nitrogen and oxygen atoms in total. The summed E-state index contributed by atoms with van der Waals surface area (Å²) in [5.41, 5.74) is 1.65. The monoisotopic (exact) mass is 406 g/mol. The summed E-state index contributed by atoms with van der Waals surface area (Å²) in [6.45, 7) is 0.234. The van der Waals surface area contributed by atoms with Gasteiger partial charge in [-0.05, 0) is 24.3 Å². The predicted molar refractivity (Wildman–Crippen MR) is 82.5 cm³/mol. The number of halogens is 4. The third-order valence-corrected chi connectivity index (χ3v) is 4.10. The van der Waals surface area contributed by atoms with Crippen LogP contribution in [0.15, 0.2) is 40.9 Å². The second-order valence-corrected chi connectivity index (χ2v) is 5.74. The molecular formula is C14H10Br2ClFO. The van der Waals surface area contributed by atoms with Crippen molar-refractivity contribution < 1.29 is 9.13 Å². The molecule has 0 N–H and O–H groups in total. The highest BCUT2D eigenvalue weighted by Crippen LogP contribution is 2.27. The maximum Gasteiger partial charge on any atom is 0.142 e. The SMILES string of the molecule is Fc1cccc(COc2ccc(Br)cc2CBr)c1Cl. The molecule has 0 heterocycles. The standard InChI is InChI=1S/C14H10Br2ClFO/c15-7-10-6-11(16)4-5-13(10)19-8-9-2-1-3-12(18)14(9)17/h1-6H,7-8H2. The Morgan fingerprint density at radius 2 is 1.95 bits per heavy atom. The first-order valence-corrected chi connectivity index (χ1v) is 7.81. The zero-order chi connectivity index (χ0) is 13.8. The Morgan fingerprint density at radius 1 is 1.16 bits per heavy atom. The topological polar surface area (TPSA) is 9.23 Å². The van der Waals surface area contributed by atoms with Gasteiger partial charge >= 0.3 is 0 Å². The molecule has 0 bridgehead atoms. The smallest absolute Gasteiger partial charge is 0.142 e. The van der Waals surface area contributed by atoms with E-state index in [1.165, 1.54) is 6.07 Å². The Morgan fingerprint density at radius 3 is 2.68 bits per heavy atom. The molecule has 0 amide bonds. The molecule has 2 aromatic rings. The number of rotatable bonds is 4. The summed E-state index contributed by atoms with van der Waals surface area (Å²) in [5, 5.41) is 0.790. The Labute approximate surface area is 133 Å². The van der Waals surface area contributed by atoms with Crippen molar-refractivity contribution in [3.63, 3.8) is 0 Å². The van der Waals surface area contributed by atoms with Gasteiger partial charge in [0.25, 0.3) is 0 Å². The van der Waals surface area contributed by atoms with E-state index >= 15 is 0 Å². The van der Waals surface area contributed by atoms with Crippen molar-refractivity contribution in [3.05, 3.63) is 62.8 Å². The van der Waals surface area contributed by atoms with E-state index in [4.69, 9.17) is 16.3 Å². The molecule has 0 saturated heterocycles. The Bertz CT molecular complexity index is 590. The fourth-order valence-corrected chi connectivity index (χ4v) is 2.64. The van der Waals surface area contributed by atoms with Gasteiger partial charge in [-0.25, -0.2) is 4.39 Å². The van der Waals surface area contributed by atoms with Crippen LogP contribution in [-0.2, 0) is 11.9 Å². The third-order valence-electron chi connectivity index (χ3n) is 2.58. The average Bonchev–Trinajstić information content (AvgIpc) is 2.41. The van der Waals surface area contributed by atoms with Gasteiger partial charge in [0.1, 0.15) is 18.2 Å². The van der Waals surface area contributed by atoms with E-state index in [0.29, 0.717) is 10.9 Å². The second-order valence-electron chi connectivity index (χ2n) is 3.89. The highest BCUT2D eigenvalue weighted by molar-refractivity contribution is 9.10. The maximum atomic E-state index is 13.3. The molecule has 0 spiro atoms. The first kappa shape index (κ1) is 14.8. The molecule has 0 aromatic heterocycles. The van der Waals surface area contributed by atoms with Crippen LogP contribution < -0.4 is 4.74 Å². The van der Waals surface area contributed by atoms with Gasteiger partial charge in [-0.1, -0.05) is 55.6 Å². The fourth-order valence-electron chi connectivity index (χ4n) is 1.61. The second kappa shape index (κ2) is 6.73. The van der Waals surface area contributed by atoms with Crippen LogP contribution in [0.3, 0.4) is 0 Å². The van der Waals surface area contributed by atoms with Crippen molar-refractivity contribution in [2.75, 3.05) is 0 Å². The zero-order valence-electron chi connectivity index (χ0n) is 9.80. The van der Waals surface area contributed by atoms with E-state index in [-0.39, 0.29) is 11.6 Å². The molecule has 0 aliphatic rings. The average molecular weight is 408 g/mol. The quantitative estimate of drug-likeness (QED) is 0.589. The Kier molecular flexibility index (Phi) is 5.25. The van der Waals surface area contributed by atoms with Crippen LogP contribution in [0.4, 0.5) is 4.39 Å². The highest BCUT2D eigenvalue weighted by Gasteiger charge is 2.08. The number of hydrogen-bond donors (Lipinski definition) is 0. The van der Waals surface area contributed by atoms with Gasteiger partial charge in [-0.15, -0.1) is 0 Å². The van der Waals surface area contributed by atoms with Crippen molar-refractivity contribution in [2.45, 2.75) is 11.9 Å². The number of ether oxygens (including phenoxy) is 1. The lowest BCUT2D eigenvalue weighted by Crippen LogP contribution is -1.99. The van der Waals surface area contributed by atoms with E-state index in [1.807, 2.05) is 18.2 Å². The van der Waals surface area contributed by atoms with E-state index < -0.39 is 5.82 Å². The minimum atomic E-state index is -0.431. The Balaban J connectivity index is 2.17. The van der Waals surface area contributed by atoms with Crippen molar-refractivity contribution in [1.82, 2.24) is 0 Å². The van der Waals surface area contributed by atoms with Gasteiger partial charge < -0.3 is 4.74 Å². The molecule has 5 heteroatoms. The molecule has 0 aliphatic heterocycles. The molecule has 0 aliphatic carbocycles. The lowest BCUT2D eigenvalue weighted by atomic mass is 10.2. The van der Waals surface area contributed by atoms with Gasteiger partial charge in [-0.3, -0.25) is 0 Å². The first-order valence-electron chi connectivity index (χ1n) is 5.52.